The molecule has 1 aliphatic heterocycles. The molecule has 0 spiro atoms. The Morgan fingerprint density at radius 2 is 2.00 bits per heavy atom. The lowest BCUT2D eigenvalue weighted by Crippen LogP contribution is -2.40. The number of hydrogen-bond acceptors (Lipinski definition) is 2. The van der Waals surface area contributed by atoms with E-state index in [1.807, 2.05) is 0 Å². The second-order valence-electron chi connectivity index (χ2n) is 3.88. The number of aliphatic hydroxyl groups is 1. The van der Waals surface area contributed by atoms with Gasteiger partial charge >= 0.3 is 0 Å². The summed E-state index contributed by atoms with van der Waals surface area (Å²) in [5, 5.41) is 12.2. The summed E-state index contributed by atoms with van der Waals surface area (Å²) >= 11 is 0. The van der Waals surface area contributed by atoms with E-state index >= 15 is 0 Å². The highest BCUT2D eigenvalue weighted by atomic mass is 19.3. The first kappa shape index (κ1) is 8.38. The van der Waals surface area contributed by atoms with E-state index in [1.165, 1.54) is 0 Å². The molecule has 1 heterocycles. The Morgan fingerprint density at radius 3 is 2.50 bits per heavy atom. The van der Waals surface area contributed by atoms with Crippen molar-refractivity contribution in [2.45, 2.75) is 24.9 Å². The van der Waals surface area contributed by atoms with Gasteiger partial charge < -0.3 is 10.4 Å². The van der Waals surface area contributed by atoms with E-state index in [0.29, 0.717) is 19.5 Å². The summed E-state index contributed by atoms with van der Waals surface area (Å²) in [4.78, 5) is 0. The van der Waals surface area contributed by atoms with Gasteiger partial charge in [-0.1, -0.05) is 0 Å². The van der Waals surface area contributed by atoms with Crippen LogP contribution in [-0.2, 0) is 0 Å². The maximum Gasteiger partial charge on any atom is 0.251 e. The first-order chi connectivity index (χ1) is 5.59. The van der Waals surface area contributed by atoms with Crippen molar-refractivity contribution in [3.8, 4) is 0 Å². The minimum Gasteiger partial charge on any atom is -0.392 e. The number of aliphatic hydroxyl groups excluding tert-OH is 1. The fourth-order valence-electron chi connectivity index (χ4n) is 2.00. The third kappa shape index (κ3) is 1.45. The van der Waals surface area contributed by atoms with Crippen LogP contribution in [0.3, 0.4) is 0 Å². The van der Waals surface area contributed by atoms with Gasteiger partial charge in [0.15, 0.2) is 0 Å². The molecule has 70 valence electrons. The van der Waals surface area contributed by atoms with Crippen LogP contribution in [0, 0.1) is 11.8 Å². The minimum atomic E-state index is -2.44. The molecule has 4 heteroatoms. The first-order valence-corrected chi connectivity index (χ1v) is 4.36. The first-order valence-electron chi connectivity index (χ1n) is 4.36. The number of hydrogen-bond donors (Lipinski definition) is 2. The highest BCUT2D eigenvalue weighted by Crippen LogP contribution is 2.54. The van der Waals surface area contributed by atoms with Crippen molar-refractivity contribution in [2.75, 3.05) is 13.1 Å². The molecule has 0 radical (unpaired) electrons. The summed E-state index contributed by atoms with van der Waals surface area (Å²) in [6.45, 7) is 1.19. The van der Waals surface area contributed by atoms with Gasteiger partial charge in [0.25, 0.3) is 5.92 Å². The van der Waals surface area contributed by atoms with Gasteiger partial charge in [0, 0.05) is 18.9 Å². The summed E-state index contributed by atoms with van der Waals surface area (Å²) in [6.07, 6.45) is 0.124. The molecule has 2 fully saturated rings. The van der Waals surface area contributed by atoms with Gasteiger partial charge in [0.1, 0.15) is 0 Å². The third-order valence-corrected chi connectivity index (χ3v) is 2.80. The van der Waals surface area contributed by atoms with Gasteiger partial charge in [-0.15, -0.1) is 0 Å². The molecule has 0 aromatic rings. The van der Waals surface area contributed by atoms with E-state index in [-0.39, 0.29) is 12.3 Å². The molecular formula is C8H13F2NO. The van der Waals surface area contributed by atoms with E-state index in [0.717, 1.165) is 0 Å². The summed E-state index contributed by atoms with van der Waals surface area (Å²) in [5.74, 6) is -2.94. The van der Waals surface area contributed by atoms with Crippen molar-refractivity contribution in [1.29, 1.82) is 0 Å². The number of rotatable bonds is 1. The zero-order chi connectivity index (χ0) is 8.77. The maximum absolute atomic E-state index is 12.6. The molecule has 2 aliphatic rings. The SMILES string of the molecule is OC1CNCC(C2CC2(F)F)C1. The van der Waals surface area contributed by atoms with Crippen molar-refractivity contribution >= 4 is 0 Å². The van der Waals surface area contributed by atoms with Crippen molar-refractivity contribution < 1.29 is 13.9 Å². The zero-order valence-corrected chi connectivity index (χ0v) is 6.76. The van der Waals surface area contributed by atoms with E-state index in [4.69, 9.17) is 0 Å². The Kier molecular flexibility index (Phi) is 1.84. The topological polar surface area (TPSA) is 32.3 Å². The molecule has 1 aliphatic carbocycles. The molecule has 0 aromatic heterocycles. The van der Waals surface area contributed by atoms with Gasteiger partial charge in [-0.3, -0.25) is 0 Å². The van der Waals surface area contributed by atoms with Crippen LogP contribution in [0.5, 0.6) is 0 Å². The lowest BCUT2D eigenvalue weighted by Gasteiger charge is -2.26. The fraction of sp³-hybridized carbons (Fsp3) is 1.00. The highest BCUT2D eigenvalue weighted by molar-refractivity contribution is 5.01. The summed E-state index contributed by atoms with van der Waals surface area (Å²) in [5.41, 5.74) is 0. The van der Waals surface area contributed by atoms with Crippen molar-refractivity contribution in [2.24, 2.45) is 11.8 Å². The second kappa shape index (κ2) is 2.64. The van der Waals surface area contributed by atoms with Gasteiger partial charge in [-0.25, -0.2) is 8.78 Å². The Balaban J connectivity index is 1.89. The summed E-state index contributed by atoms with van der Waals surface area (Å²) in [7, 11) is 0. The summed E-state index contributed by atoms with van der Waals surface area (Å²) < 4.78 is 25.2. The molecule has 0 amide bonds. The quantitative estimate of drug-likeness (QED) is 0.615. The molecule has 3 unspecified atom stereocenters. The smallest absolute Gasteiger partial charge is 0.251 e. The zero-order valence-electron chi connectivity index (χ0n) is 6.76. The average Bonchev–Trinajstić information content (AvgIpc) is 2.60. The highest BCUT2D eigenvalue weighted by Gasteiger charge is 2.60. The molecule has 2 nitrogen and oxygen atoms in total. The number of halogens is 2. The number of alkyl halides is 2. The van der Waals surface area contributed by atoms with Crippen LogP contribution in [0.4, 0.5) is 8.78 Å². The van der Waals surface area contributed by atoms with E-state index < -0.39 is 17.9 Å². The van der Waals surface area contributed by atoms with Crippen molar-refractivity contribution in [1.82, 2.24) is 5.32 Å². The van der Waals surface area contributed by atoms with Gasteiger partial charge in [0.05, 0.1) is 6.10 Å². The molecule has 2 N–H and O–H groups in total. The second-order valence-corrected chi connectivity index (χ2v) is 3.88. The van der Waals surface area contributed by atoms with E-state index in [9.17, 15) is 13.9 Å². The Bertz CT molecular complexity index is 186. The van der Waals surface area contributed by atoms with Crippen LogP contribution in [-0.4, -0.2) is 30.2 Å². The Morgan fingerprint density at radius 1 is 1.33 bits per heavy atom. The predicted molar refractivity (Wildman–Crippen MR) is 40.0 cm³/mol. The standard InChI is InChI=1S/C8H13F2NO/c9-8(10)2-7(8)5-1-6(12)4-11-3-5/h5-7,11-12H,1-4H2. The average molecular weight is 177 g/mol. The van der Waals surface area contributed by atoms with Crippen molar-refractivity contribution in [3.05, 3.63) is 0 Å². The minimum absolute atomic E-state index is 0.0199. The summed E-state index contributed by atoms with van der Waals surface area (Å²) in [6, 6.07) is 0. The fourth-order valence-corrected chi connectivity index (χ4v) is 2.00. The van der Waals surface area contributed by atoms with Gasteiger partial charge in [-0.2, -0.15) is 0 Å². The third-order valence-electron chi connectivity index (χ3n) is 2.80. The Hall–Kier alpha value is -0.220. The molecule has 3 atom stereocenters. The van der Waals surface area contributed by atoms with Crippen LogP contribution in [0.1, 0.15) is 12.8 Å². The van der Waals surface area contributed by atoms with Gasteiger partial charge in [-0.05, 0) is 18.9 Å². The predicted octanol–water partition coefficient (Wildman–Crippen LogP) is 0.612. The van der Waals surface area contributed by atoms with Crippen LogP contribution in [0.25, 0.3) is 0 Å². The van der Waals surface area contributed by atoms with Gasteiger partial charge in [0.2, 0.25) is 0 Å². The normalized spacial score (nSPS) is 45.8. The lowest BCUT2D eigenvalue weighted by molar-refractivity contribution is 0.0565. The number of piperidine rings is 1. The van der Waals surface area contributed by atoms with E-state index in [1.54, 1.807) is 0 Å². The largest absolute Gasteiger partial charge is 0.392 e. The van der Waals surface area contributed by atoms with E-state index in [2.05, 4.69) is 5.32 Å². The molecule has 2 rings (SSSR count). The van der Waals surface area contributed by atoms with Crippen LogP contribution in [0.2, 0.25) is 0 Å². The maximum atomic E-state index is 12.6. The molecule has 12 heavy (non-hydrogen) atoms. The number of nitrogens with one attached hydrogen (secondary N) is 1. The van der Waals surface area contributed by atoms with Crippen LogP contribution < -0.4 is 5.32 Å². The lowest BCUT2D eigenvalue weighted by atomic mass is 9.93. The van der Waals surface area contributed by atoms with Crippen LogP contribution >= 0.6 is 0 Å². The molecule has 0 bridgehead atoms. The number of β-amino-alcohol motifs (C(OH)–C–C–N with tert-alkyl or cyclic N) is 1. The molecular weight excluding hydrogens is 164 g/mol. The van der Waals surface area contributed by atoms with Crippen LogP contribution in [0.15, 0.2) is 0 Å². The molecule has 1 saturated carbocycles. The molecule has 1 saturated heterocycles. The monoisotopic (exact) mass is 177 g/mol. The Labute approximate surface area is 70.0 Å². The van der Waals surface area contributed by atoms with Crippen molar-refractivity contribution in [3.63, 3.8) is 0 Å². The molecule has 0 aromatic carbocycles.